The summed E-state index contributed by atoms with van der Waals surface area (Å²) in [4.78, 5) is 20.8. The molecule has 1 aliphatic rings. The molecule has 0 saturated heterocycles. The number of hydrogen-bond donors (Lipinski definition) is 1. The third-order valence-corrected chi connectivity index (χ3v) is 4.62. The van der Waals surface area contributed by atoms with Gasteiger partial charge in [-0.3, -0.25) is 4.79 Å². The number of hydrogen-bond acceptors (Lipinski definition) is 5. The van der Waals surface area contributed by atoms with Crippen molar-refractivity contribution < 1.29 is 9.53 Å². The first kappa shape index (κ1) is 16.3. The SMILES string of the molecule is COc1ccccc1C1CC1C(=O)NCc1cccnc1-n1cncn1. The smallest absolute Gasteiger partial charge is 0.224 e. The maximum atomic E-state index is 12.6. The lowest BCUT2D eigenvalue weighted by Gasteiger charge is -2.10. The van der Waals surface area contributed by atoms with Gasteiger partial charge in [0.15, 0.2) is 5.82 Å². The molecule has 2 unspecified atom stereocenters. The van der Waals surface area contributed by atoms with Crippen molar-refractivity contribution in [1.82, 2.24) is 25.1 Å². The van der Waals surface area contributed by atoms with Crippen molar-refractivity contribution in [3.8, 4) is 11.6 Å². The van der Waals surface area contributed by atoms with Gasteiger partial charge in [-0.2, -0.15) is 5.10 Å². The van der Waals surface area contributed by atoms with Gasteiger partial charge in [0.1, 0.15) is 18.4 Å². The second kappa shape index (κ2) is 6.95. The Hall–Kier alpha value is -3.22. The Balaban J connectivity index is 1.42. The molecule has 7 nitrogen and oxygen atoms in total. The molecule has 3 aromatic rings. The number of benzene rings is 1. The fourth-order valence-corrected chi connectivity index (χ4v) is 3.21. The molecule has 1 fully saturated rings. The van der Waals surface area contributed by atoms with Gasteiger partial charge in [-0.25, -0.2) is 14.6 Å². The van der Waals surface area contributed by atoms with E-state index in [1.54, 1.807) is 24.3 Å². The molecular weight excluding hydrogens is 330 g/mol. The van der Waals surface area contributed by atoms with E-state index in [0.717, 1.165) is 23.3 Å². The van der Waals surface area contributed by atoms with E-state index in [1.165, 1.54) is 6.33 Å². The summed E-state index contributed by atoms with van der Waals surface area (Å²) in [6, 6.07) is 11.6. The monoisotopic (exact) mass is 349 g/mol. The molecule has 0 spiro atoms. The number of pyridine rings is 1. The molecule has 0 aliphatic heterocycles. The first-order valence-electron chi connectivity index (χ1n) is 8.47. The Morgan fingerprint density at radius 3 is 3.00 bits per heavy atom. The lowest BCUT2D eigenvalue weighted by atomic mass is 10.1. The van der Waals surface area contributed by atoms with Crippen LogP contribution in [0.4, 0.5) is 0 Å². The summed E-state index contributed by atoms with van der Waals surface area (Å²) in [5.41, 5.74) is 1.99. The van der Waals surface area contributed by atoms with E-state index >= 15 is 0 Å². The van der Waals surface area contributed by atoms with Gasteiger partial charge in [0, 0.05) is 24.2 Å². The van der Waals surface area contributed by atoms with Crippen molar-refractivity contribution in [2.75, 3.05) is 7.11 Å². The van der Waals surface area contributed by atoms with E-state index in [1.807, 2.05) is 36.4 Å². The predicted molar refractivity (Wildman–Crippen MR) is 94.8 cm³/mol. The molecule has 0 radical (unpaired) electrons. The number of para-hydroxylation sites is 1. The van der Waals surface area contributed by atoms with E-state index in [-0.39, 0.29) is 17.7 Å². The fourth-order valence-electron chi connectivity index (χ4n) is 3.21. The van der Waals surface area contributed by atoms with Crippen LogP contribution in [0.5, 0.6) is 5.75 Å². The molecule has 2 aromatic heterocycles. The number of nitrogens with one attached hydrogen (secondary N) is 1. The van der Waals surface area contributed by atoms with Crippen molar-refractivity contribution in [2.24, 2.45) is 5.92 Å². The topological polar surface area (TPSA) is 81.9 Å². The predicted octanol–water partition coefficient (Wildman–Crippen LogP) is 2.09. The minimum absolute atomic E-state index is 0.0159. The summed E-state index contributed by atoms with van der Waals surface area (Å²) in [5, 5.41) is 7.13. The van der Waals surface area contributed by atoms with Crippen LogP contribution in [0.15, 0.2) is 55.2 Å². The van der Waals surface area contributed by atoms with E-state index in [4.69, 9.17) is 4.74 Å². The highest BCUT2D eigenvalue weighted by atomic mass is 16.5. The van der Waals surface area contributed by atoms with E-state index in [0.29, 0.717) is 12.4 Å². The molecule has 1 saturated carbocycles. The van der Waals surface area contributed by atoms with Crippen LogP contribution < -0.4 is 10.1 Å². The summed E-state index contributed by atoms with van der Waals surface area (Å²) >= 11 is 0. The van der Waals surface area contributed by atoms with Gasteiger partial charge in [-0.05, 0) is 30.0 Å². The highest BCUT2D eigenvalue weighted by Gasteiger charge is 2.45. The second-order valence-corrected chi connectivity index (χ2v) is 6.23. The zero-order chi connectivity index (χ0) is 17.9. The van der Waals surface area contributed by atoms with Crippen molar-refractivity contribution >= 4 is 5.91 Å². The number of carbonyl (C=O) groups is 1. The minimum atomic E-state index is -0.0159. The number of amides is 1. The van der Waals surface area contributed by atoms with Gasteiger partial charge in [-0.1, -0.05) is 24.3 Å². The first-order valence-corrected chi connectivity index (χ1v) is 8.47. The molecule has 2 heterocycles. The molecule has 7 heteroatoms. The van der Waals surface area contributed by atoms with Crippen LogP contribution in [0.25, 0.3) is 5.82 Å². The minimum Gasteiger partial charge on any atom is -0.496 e. The van der Waals surface area contributed by atoms with Crippen molar-refractivity contribution in [2.45, 2.75) is 18.9 Å². The van der Waals surface area contributed by atoms with Gasteiger partial charge >= 0.3 is 0 Å². The maximum absolute atomic E-state index is 12.6. The van der Waals surface area contributed by atoms with Crippen LogP contribution in [0, 0.1) is 5.92 Å². The van der Waals surface area contributed by atoms with Crippen molar-refractivity contribution in [1.29, 1.82) is 0 Å². The number of rotatable bonds is 6. The molecular formula is C19H19N5O2. The van der Waals surface area contributed by atoms with Crippen LogP contribution in [0.1, 0.15) is 23.5 Å². The normalized spacial score (nSPS) is 18.3. The zero-order valence-electron chi connectivity index (χ0n) is 14.4. The lowest BCUT2D eigenvalue weighted by molar-refractivity contribution is -0.122. The number of ether oxygens (including phenoxy) is 1. The van der Waals surface area contributed by atoms with Crippen LogP contribution in [0.2, 0.25) is 0 Å². The van der Waals surface area contributed by atoms with Gasteiger partial charge in [0.2, 0.25) is 5.91 Å². The molecule has 1 aliphatic carbocycles. The molecule has 26 heavy (non-hydrogen) atoms. The number of aromatic nitrogens is 4. The highest BCUT2D eigenvalue weighted by molar-refractivity contribution is 5.83. The Bertz CT molecular complexity index is 910. The Morgan fingerprint density at radius 2 is 2.19 bits per heavy atom. The molecule has 1 aromatic carbocycles. The molecule has 2 atom stereocenters. The summed E-state index contributed by atoms with van der Waals surface area (Å²) in [6.07, 6.45) is 5.58. The first-order chi connectivity index (χ1) is 12.8. The van der Waals surface area contributed by atoms with Gasteiger partial charge in [0.25, 0.3) is 0 Å². The largest absolute Gasteiger partial charge is 0.496 e. The van der Waals surface area contributed by atoms with Crippen molar-refractivity contribution in [3.05, 3.63) is 66.4 Å². The van der Waals surface area contributed by atoms with Crippen molar-refractivity contribution in [3.63, 3.8) is 0 Å². The van der Waals surface area contributed by atoms with Crippen LogP contribution in [0.3, 0.4) is 0 Å². The van der Waals surface area contributed by atoms with Crippen LogP contribution >= 0.6 is 0 Å². The Morgan fingerprint density at radius 1 is 1.31 bits per heavy atom. The molecule has 4 rings (SSSR count). The standard InChI is InChI=1S/C19H19N5O2/c1-26-17-7-3-2-6-14(17)15-9-16(15)19(25)22-10-13-5-4-8-21-18(13)24-12-20-11-23-24/h2-8,11-12,15-16H,9-10H2,1H3,(H,22,25). The summed E-state index contributed by atoms with van der Waals surface area (Å²) in [7, 11) is 1.66. The summed E-state index contributed by atoms with van der Waals surface area (Å²) in [5.74, 6) is 1.76. The zero-order valence-corrected chi connectivity index (χ0v) is 14.4. The molecule has 132 valence electrons. The fraction of sp³-hybridized carbons (Fsp3) is 0.263. The molecule has 0 bridgehead atoms. The highest BCUT2D eigenvalue weighted by Crippen LogP contribution is 2.50. The summed E-state index contributed by atoms with van der Waals surface area (Å²) < 4.78 is 7.00. The number of methoxy groups -OCH3 is 1. The lowest BCUT2D eigenvalue weighted by Crippen LogP contribution is -2.25. The van der Waals surface area contributed by atoms with Crippen LogP contribution in [-0.4, -0.2) is 32.8 Å². The third kappa shape index (κ3) is 3.15. The van der Waals surface area contributed by atoms with E-state index in [2.05, 4.69) is 20.4 Å². The van der Waals surface area contributed by atoms with Gasteiger partial charge in [0.05, 0.1) is 7.11 Å². The van der Waals surface area contributed by atoms with Crippen LogP contribution in [-0.2, 0) is 11.3 Å². The summed E-state index contributed by atoms with van der Waals surface area (Å²) in [6.45, 7) is 0.400. The van der Waals surface area contributed by atoms with E-state index < -0.39 is 0 Å². The van der Waals surface area contributed by atoms with Gasteiger partial charge in [-0.15, -0.1) is 0 Å². The number of carbonyl (C=O) groups excluding carboxylic acids is 1. The molecule has 1 amide bonds. The maximum Gasteiger partial charge on any atom is 0.224 e. The quantitative estimate of drug-likeness (QED) is 0.737. The number of nitrogens with zero attached hydrogens (tertiary/aromatic N) is 4. The van der Waals surface area contributed by atoms with E-state index in [9.17, 15) is 4.79 Å². The Kier molecular flexibility index (Phi) is 4.35. The average Bonchev–Trinajstić information content (AvgIpc) is 3.30. The Labute approximate surface area is 151 Å². The third-order valence-electron chi connectivity index (χ3n) is 4.62. The van der Waals surface area contributed by atoms with Gasteiger partial charge < -0.3 is 10.1 Å². The molecule has 1 N–H and O–H groups in total. The average molecular weight is 349 g/mol. The second-order valence-electron chi connectivity index (χ2n) is 6.23.